The van der Waals surface area contributed by atoms with Crippen LogP contribution in [0.5, 0.6) is 5.75 Å². The van der Waals surface area contributed by atoms with Gasteiger partial charge in [0, 0.05) is 0 Å². The highest BCUT2D eigenvalue weighted by Crippen LogP contribution is 2.21. The van der Waals surface area contributed by atoms with Crippen LogP contribution in [0.3, 0.4) is 0 Å². The number of anilines is 1. The first-order valence-corrected chi connectivity index (χ1v) is 3.80. The Morgan fingerprint density at radius 1 is 1.62 bits per heavy atom. The number of aliphatic carboxylic acids is 1. The molecule has 0 aliphatic heterocycles. The minimum absolute atomic E-state index is 0.367. The molecule has 0 bridgehead atoms. The maximum absolute atomic E-state index is 10.2. The summed E-state index contributed by atoms with van der Waals surface area (Å²) in [4.78, 5) is 10.2. The Morgan fingerprint density at radius 2 is 2.31 bits per heavy atom. The summed E-state index contributed by atoms with van der Waals surface area (Å²) < 4.78 is 4.95. The molecule has 0 aliphatic carbocycles. The lowest BCUT2D eigenvalue weighted by atomic mass is 10.2. The van der Waals surface area contributed by atoms with Crippen LogP contribution in [-0.4, -0.2) is 17.7 Å². The van der Waals surface area contributed by atoms with Crippen LogP contribution in [0.15, 0.2) is 18.2 Å². The summed E-state index contributed by atoms with van der Waals surface area (Å²) in [5.74, 6) is -0.594. The lowest BCUT2D eigenvalue weighted by Crippen LogP contribution is -2.10. The van der Waals surface area contributed by atoms with Gasteiger partial charge in [-0.2, -0.15) is 0 Å². The van der Waals surface area contributed by atoms with E-state index in [1.807, 2.05) is 13.0 Å². The van der Waals surface area contributed by atoms with Crippen LogP contribution in [0.25, 0.3) is 0 Å². The topological polar surface area (TPSA) is 72.5 Å². The molecule has 13 heavy (non-hydrogen) atoms. The van der Waals surface area contributed by atoms with E-state index in [4.69, 9.17) is 15.6 Å². The van der Waals surface area contributed by atoms with Gasteiger partial charge >= 0.3 is 5.97 Å². The summed E-state index contributed by atoms with van der Waals surface area (Å²) in [7, 11) is 0. The van der Waals surface area contributed by atoms with Gasteiger partial charge < -0.3 is 15.6 Å². The van der Waals surface area contributed by atoms with Crippen LogP contribution in [0.2, 0.25) is 0 Å². The van der Waals surface area contributed by atoms with Gasteiger partial charge in [-0.05, 0) is 24.6 Å². The average molecular weight is 181 g/mol. The Kier molecular flexibility index (Phi) is 2.74. The molecule has 1 aromatic rings. The molecule has 0 amide bonds. The van der Waals surface area contributed by atoms with Crippen molar-refractivity contribution in [2.45, 2.75) is 6.92 Å². The molecule has 0 fully saturated rings. The molecule has 3 N–H and O–H groups in total. The minimum Gasteiger partial charge on any atom is -0.480 e. The number of hydrogen-bond acceptors (Lipinski definition) is 3. The van der Waals surface area contributed by atoms with E-state index in [1.165, 1.54) is 0 Å². The normalized spacial score (nSPS) is 9.62. The second kappa shape index (κ2) is 3.80. The van der Waals surface area contributed by atoms with Gasteiger partial charge in [-0.1, -0.05) is 6.07 Å². The minimum atomic E-state index is -1.01. The number of ether oxygens (including phenoxy) is 1. The van der Waals surface area contributed by atoms with E-state index in [-0.39, 0.29) is 6.61 Å². The van der Waals surface area contributed by atoms with Crippen LogP contribution >= 0.6 is 0 Å². The Hall–Kier alpha value is -1.71. The highest BCUT2D eigenvalue weighted by atomic mass is 16.5. The fourth-order valence-corrected chi connectivity index (χ4v) is 0.906. The van der Waals surface area contributed by atoms with Crippen LogP contribution in [-0.2, 0) is 4.79 Å². The molecule has 0 saturated carbocycles. The average Bonchev–Trinajstić information content (AvgIpc) is 2.06. The molecule has 1 aromatic carbocycles. The third-order valence-corrected chi connectivity index (χ3v) is 1.52. The number of carbonyl (C=O) groups is 1. The monoisotopic (exact) mass is 181 g/mol. The number of aryl methyl sites for hydroxylation is 1. The van der Waals surface area contributed by atoms with E-state index < -0.39 is 5.97 Å². The zero-order valence-corrected chi connectivity index (χ0v) is 7.28. The predicted octanol–water partition coefficient (Wildman–Crippen LogP) is 1.04. The van der Waals surface area contributed by atoms with Crippen LogP contribution in [0.1, 0.15) is 5.56 Å². The van der Waals surface area contributed by atoms with Gasteiger partial charge in [-0.25, -0.2) is 4.79 Å². The van der Waals surface area contributed by atoms with Crippen molar-refractivity contribution in [2.75, 3.05) is 12.3 Å². The van der Waals surface area contributed by atoms with Crippen molar-refractivity contribution < 1.29 is 14.6 Å². The number of carboxylic acid groups (broad SMARTS) is 1. The summed E-state index contributed by atoms with van der Waals surface area (Å²) in [6, 6.07) is 5.23. The molecule has 0 unspecified atom stereocenters. The second-order valence-electron chi connectivity index (χ2n) is 2.72. The first-order valence-electron chi connectivity index (χ1n) is 3.80. The van der Waals surface area contributed by atoms with Crippen molar-refractivity contribution >= 4 is 11.7 Å². The number of benzene rings is 1. The standard InChI is InChI=1S/C9H11NO3/c1-6-2-3-7(10)8(4-6)13-5-9(11)12/h2-4H,5,10H2,1H3,(H,11,12). The van der Waals surface area contributed by atoms with Crippen molar-refractivity contribution in [3.8, 4) is 5.75 Å². The molecule has 4 nitrogen and oxygen atoms in total. The third kappa shape index (κ3) is 2.66. The van der Waals surface area contributed by atoms with Gasteiger partial charge in [0.1, 0.15) is 5.75 Å². The van der Waals surface area contributed by atoms with E-state index >= 15 is 0 Å². The maximum Gasteiger partial charge on any atom is 0.341 e. The molecule has 0 saturated heterocycles. The van der Waals surface area contributed by atoms with Gasteiger partial charge in [-0.3, -0.25) is 0 Å². The summed E-state index contributed by atoms with van der Waals surface area (Å²) in [5.41, 5.74) is 6.99. The largest absolute Gasteiger partial charge is 0.480 e. The van der Waals surface area contributed by atoms with Crippen molar-refractivity contribution in [1.29, 1.82) is 0 Å². The second-order valence-corrected chi connectivity index (χ2v) is 2.72. The number of rotatable bonds is 3. The Morgan fingerprint density at radius 3 is 2.92 bits per heavy atom. The molecule has 0 spiro atoms. The van der Waals surface area contributed by atoms with Crippen LogP contribution in [0.4, 0.5) is 5.69 Å². The summed E-state index contributed by atoms with van der Waals surface area (Å²) >= 11 is 0. The lowest BCUT2D eigenvalue weighted by Gasteiger charge is -2.06. The highest BCUT2D eigenvalue weighted by molar-refractivity contribution is 5.69. The van der Waals surface area contributed by atoms with Crippen molar-refractivity contribution in [3.63, 3.8) is 0 Å². The van der Waals surface area contributed by atoms with Crippen LogP contribution < -0.4 is 10.5 Å². The van der Waals surface area contributed by atoms with Crippen molar-refractivity contribution in [1.82, 2.24) is 0 Å². The molecular formula is C9H11NO3. The Bertz CT molecular complexity index is 323. The van der Waals surface area contributed by atoms with Gasteiger partial charge in [-0.15, -0.1) is 0 Å². The molecule has 0 atom stereocenters. The van der Waals surface area contributed by atoms with Crippen molar-refractivity contribution in [3.05, 3.63) is 23.8 Å². The Balaban J connectivity index is 2.75. The molecule has 0 aromatic heterocycles. The quantitative estimate of drug-likeness (QED) is 0.683. The molecule has 4 heteroatoms. The fourth-order valence-electron chi connectivity index (χ4n) is 0.906. The zero-order valence-electron chi connectivity index (χ0n) is 7.28. The summed E-state index contributed by atoms with van der Waals surface area (Å²) in [5, 5.41) is 8.37. The SMILES string of the molecule is Cc1ccc(N)c(OCC(=O)O)c1. The third-order valence-electron chi connectivity index (χ3n) is 1.52. The van der Waals surface area contributed by atoms with E-state index in [0.29, 0.717) is 11.4 Å². The molecule has 0 radical (unpaired) electrons. The molecule has 1 rings (SSSR count). The fraction of sp³-hybridized carbons (Fsp3) is 0.222. The first kappa shape index (κ1) is 9.38. The smallest absolute Gasteiger partial charge is 0.341 e. The lowest BCUT2D eigenvalue weighted by molar-refractivity contribution is -0.139. The number of nitrogens with two attached hydrogens (primary N) is 1. The van der Waals surface area contributed by atoms with E-state index in [9.17, 15) is 4.79 Å². The van der Waals surface area contributed by atoms with E-state index in [0.717, 1.165) is 5.56 Å². The van der Waals surface area contributed by atoms with Crippen LogP contribution in [0, 0.1) is 6.92 Å². The Labute approximate surface area is 75.9 Å². The molecule has 0 aliphatic rings. The molecular weight excluding hydrogens is 170 g/mol. The first-order chi connectivity index (χ1) is 6.09. The van der Waals surface area contributed by atoms with E-state index in [1.54, 1.807) is 12.1 Å². The number of hydrogen-bond donors (Lipinski definition) is 2. The summed E-state index contributed by atoms with van der Waals surface area (Å²) in [6.07, 6.45) is 0. The van der Waals surface area contributed by atoms with Gasteiger partial charge in [0.25, 0.3) is 0 Å². The van der Waals surface area contributed by atoms with E-state index in [2.05, 4.69) is 0 Å². The van der Waals surface area contributed by atoms with Gasteiger partial charge in [0.2, 0.25) is 0 Å². The maximum atomic E-state index is 10.2. The predicted molar refractivity (Wildman–Crippen MR) is 48.7 cm³/mol. The number of carboxylic acids is 1. The number of nitrogen functional groups attached to an aromatic ring is 1. The molecule has 0 heterocycles. The van der Waals surface area contributed by atoms with Gasteiger partial charge in [0.05, 0.1) is 5.69 Å². The highest BCUT2D eigenvalue weighted by Gasteiger charge is 2.02. The zero-order chi connectivity index (χ0) is 9.84. The molecule has 70 valence electrons. The van der Waals surface area contributed by atoms with Crippen molar-refractivity contribution in [2.24, 2.45) is 0 Å². The summed E-state index contributed by atoms with van der Waals surface area (Å²) in [6.45, 7) is 1.51. The van der Waals surface area contributed by atoms with Gasteiger partial charge in [0.15, 0.2) is 6.61 Å².